The standard InChI is InChI=1S/C34H63N3O6/c1-3-4-6-9-23-12-13-26(29(38)17-23)10-7-5-8-11-28(33(41)42)30(39)20-27(22-36-2)34(43)21-25(18-31(34)40)16-24-14-15-37-32(35)19-24/h12-13,23-32,36-40,43H,3-11,14-22,35H2,1-2H3,(H,41,42)/p+1. The molecular weight excluding hydrogens is 546 g/mol. The highest BCUT2D eigenvalue weighted by atomic mass is 16.4. The zero-order valence-corrected chi connectivity index (χ0v) is 27.0. The van der Waals surface area contributed by atoms with Gasteiger partial charge in [0.2, 0.25) is 0 Å². The molecule has 0 amide bonds. The number of hydrogen-bond donors (Lipinski definition) is 7. The summed E-state index contributed by atoms with van der Waals surface area (Å²) in [6, 6.07) is 0. The Bertz CT molecular complexity index is 845. The summed E-state index contributed by atoms with van der Waals surface area (Å²) < 4.78 is 0. The van der Waals surface area contributed by atoms with Gasteiger partial charge in [-0.15, -0.1) is 0 Å². The maximum atomic E-state index is 12.1. The fourth-order valence-electron chi connectivity index (χ4n) is 8.43. The fourth-order valence-corrected chi connectivity index (χ4v) is 8.43. The van der Waals surface area contributed by atoms with Crippen molar-refractivity contribution in [1.29, 1.82) is 0 Å². The molecule has 2 aliphatic carbocycles. The molecule has 250 valence electrons. The van der Waals surface area contributed by atoms with Crippen molar-refractivity contribution >= 4 is 5.97 Å². The van der Waals surface area contributed by atoms with Crippen LogP contribution in [-0.4, -0.2) is 76.6 Å². The second kappa shape index (κ2) is 18.2. The Morgan fingerprint density at radius 2 is 1.86 bits per heavy atom. The van der Waals surface area contributed by atoms with E-state index >= 15 is 0 Å². The topological polar surface area (TPSA) is 180 Å². The first-order chi connectivity index (χ1) is 20.6. The van der Waals surface area contributed by atoms with E-state index in [-0.39, 0.29) is 30.5 Å². The van der Waals surface area contributed by atoms with Gasteiger partial charge < -0.3 is 41.0 Å². The van der Waals surface area contributed by atoms with Crippen LogP contribution in [0.25, 0.3) is 0 Å². The van der Waals surface area contributed by atoms with Gasteiger partial charge in [0.15, 0.2) is 0 Å². The Morgan fingerprint density at radius 1 is 1.09 bits per heavy atom. The molecule has 3 rings (SSSR count). The van der Waals surface area contributed by atoms with Gasteiger partial charge in [0, 0.05) is 30.1 Å². The number of quaternary nitrogens is 2. The largest absolute Gasteiger partial charge is 0.550 e. The summed E-state index contributed by atoms with van der Waals surface area (Å²) in [6.45, 7) is 3.71. The van der Waals surface area contributed by atoms with E-state index in [2.05, 4.69) is 24.4 Å². The van der Waals surface area contributed by atoms with Crippen molar-refractivity contribution in [2.75, 3.05) is 20.1 Å². The summed E-state index contributed by atoms with van der Waals surface area (Å²) in [5.74, 6) is -1.38. The Hall–Kier alpha value is -1.07. The number of unbranched alkanes of at least 4 members (excludes halogenated alkanes) is 4. The first kappa shape index (κ1) is 36.4. The van der Waals surface area contributed by atoms with E-state index in [1.54, 1.807) is 0 Å². The number of carbonyl (C=O) groups excluding carboxylic acids is 1. The van der Waals surface area contributed by atoms with Crippen LogP contribution in [0.3, 0.4) is 0 Å². The van der Waals surface area contributed by atoms with E-state index in [9.17, 15) is 30.3 Å². The lowest BCUT2D eigenvalue weighted by Crippen LogP contribution is -2.94. The van der Waals surface area contributed by atoms with E-state index in [0.717, 1.165) is 57.9 Å². The molecular formula is C34H64N3O6+. The molecule has 9 heteroatoms. The number of allylic oxidation sites excluding steroid dienone is 1. The van der Waals surface area contributed by atoms with Crippen LogP contribution in [0, 0.1) is 35.5 Å². The second-order valence-corrected chi connectivity index (χ2v) is 14.4. The number of aliphatic carboxylic acids is 1. The quantitative estimate of drug-likeness (QED) is 0.0803. The number of hydrogen-bond acceptors (Lipinski definition) is 7. The number of carboxylic acids is 1. The Morgan fingerprint density at radius 3 is 2.53 bits per heavy atom. The van der Waals surface area contributed by atoms with Gasteiger partial charge in [-0.05, 0) is 75.5 Å². The van der Waals surface area contributed by atoms with Crippen LogP contribution in [0.2, 0.25) is 0 Å². The number of carbonyl (C=O) groups is 1. The molecule has 0 aromatic rings. The summed E-state index contributed by atoms with van der Waals surface area (Å²) in [7, 11) is 1.89. The first-order valence-electron chi connectivity index (χ1n) is 17.6. The van der Waals surface area contributed by atoms with Gasteiger partial charge >= 0.3 is 0 Å². The molecule has 1 aliphatic heterocycles. The van der Waals surface area contributed by atoms with Gasteiger partial charge in [-0.3, -0.25) is 5.73 Å². The number of aliphatic hydroxyl groups excluding tert-OH is 3. The van der Waals surface area contributed by atoms with Crippen LogP contribution in [-0.2, 0) is 4.79 Å². The Labute approximate surface area is 260 Å². The Balaban J connectivity index is 1.46. The van der Waals surface area contributed by atoms with Crippen LogP contribution in [0.5, 0.6) is 0 Å². The maximum absolute atomic E-state index is 12.1. The van der Waals surface area contributed by atoms with Crippen molar-refractivity contribution in [2.45, 2.75) is 140 Å². The van der Waals surface area contributed by atoms with Crippen molar-refractivity contribution in [2.24, 2.45) is 41.2 Å². The Kier molecular flexibility index (Phi) is 15.4. The monoisotopic (exact) mass is 610 g/mol. The maximum Gasteiger partial charge on any atom is 0.137 e. The lowest BCUT2D eigenvalue weighted by atomic mass is 9.77. The number of aliphatic hydroxyl groups is 4. The zero-order chi connectivity index (χ0) is 31.4. The molecule has 0 radical (unpaired) electrons. The highest BCUT2D eigenvalue weighted by molar-refractivity contribution is 5.68. The third-order valence-electron chi connectivity index (χ3n) is 11.0. The second-order valence-electron chi connectivity index (χ2n) is 14.4. The molecule has 43 heavy (non-hydrogen) atoms. The zero-order valence-electron chi connectivity index (χ0n) is 27.0. The molecule has 1 heterocycles. The molecule has 0 aromatic heterocycles. The van der Waals surface area contributed by atoms with E-state index in [1.165, 1.54) is 19.3 Å². The third-order valence-corrected chi connectivity index (χ3v) is 11.0. The average Bonchev–Trinajstić information content (AvgIpc) is 3.24. The number of carboxylic acid groups (broad SMARTS) is 1. The predicted molar refractivity (Wildman–Crippen MR) is 165 cm³/mol. The molecule has 11 atom stereocenters. The van der Waals surface area contributed by atoms with Crippen LogP contribution < -0.4 is 21.5 Å². The van der Waals surface area contributed by atoms with E-state index in [0.29, 0.717) is 44.1 Å². The van der Waals surface area contributed by atoms with E-state index < -0.39 is 35.6 Å². The molecule has 0 bridgehead atoms. The molecule has 1 saturated heterocycles. The van der Waals surface area contributed by atoms with Gasteiger partial charge in [0.25, 0.3) is 0 Å². The van der Waals surface area contributed by atoms with Crippen molar-refractivity contribution in [3.63, 3.8) is 0 Å². The summed E-state index contributed by atoms with van der Waals surface area (Å²) >= 11 is 0. The smallest absolute Gasteiger partial charge is 0.137 e. The fraction of sp³-hybridized carbons (Fsp3) is 0.912. The van der Waals surface area contributed by atoms with Gasteiger partial charge in [0.1, 0.15) is 6.17 Å². The lowest BCUT2D eigenvalue weighted by molar-refractivity contribution is -0.699. The third kappa shape index (κ3) is 11.0. The van der Waals surface area contributed by atoms with Crippen molar-refractivity contribution in [1.82, 2.24) is 0 Å². The number of rotatable bonds is 19. The average molecular weight is 611 g/mol. The van der Waals surface area contributed by atoms with Crippen LogP contribution in [0.15, 0.2) is 12.2 Å². The first-order valence-corrected chi connectivity index (χ1v) is 17.6. The van der Waals surface area contributed by atoms with Crippen molar-refractivity contribution in [3.05, 3.63) is 12.2 Å². The SMILES string of the molecule is CCCCCC1C=CC(CCCCCC(C(=O)[O-])C(O)CC(C[NH2+]C)C2(O)CC(CC3CC[NH2+]C(N)C3)CC2O)C(O)C1. The van der Waals surface area contributed by atoms with E-state index in [1.807, 2.05) is 12.4 Å². The normalized spacial score (nSPS) is 35.1. The minimum absolute atomic E-state index is 0.116. The number of piperidine rings is 1. The van der Waals surface area contributed by atoms with Crippen molar-refractivity contribution in [3.8, 4) is 0 Å². The summed E-state index contributed by atoms with van der Waals surface area (Å²) in [5.41, 5.74) is 4.79. The van der Waals surface area contributed by atoms with Crippen LogP contribution in [0.1, 0.15) is 110 Å². The van der Waals surface area contributed by atoms with Crippen molar-refractivity contribution < 1.29 is 41.0 Å². The molecule has 0 aromatic carbocycles. The highest BCUT2D eigenvalue weighted by Gasteiger charge is 2.52. The minimum Gasteiger partial charge on any atom is -0.550 e. The minimum atomic E-state index is -1.35. The van der Waals surface area contributed by atoms with Gasteiger partial charge in [-0.2, -0.15) is 0 Å². The molecule has 0 spiro atoms. The molecule has 1 saturated carbocycles. The summed E-state index contributed by atoms with van der Waals surface area (Å²) in [5, 5.41) is 60.7. The molecule has 10 N–H and O–H groups in total. The van der Waals surface area contributed by atoms with Gasteiger partial charge in [-0.1, -0.05) is 57.6 Å². The van der Waals surface area contributed by atoms with Crippen LogP contribution in [0.4, 0.5) is 0 Å². The summed E-state index contributed by atoms with van der Waals surface area (Å²) in [6.07, 6.45) is 15.5. The van der Waals surface area contributed by atoms with E-state index in [4.69, 9.17) is 5.73 Å². The molecule has 3 aliphatic rings. The summed E-state index contributed by atoms with van der Waals surface area (Å²) in [4.78, 5) is 12.1. The molecule has 2 fully saturated rings. The van der Waals surface area contributed by atoms with Crippen LogP contribution >= 0.6 is 0 Å². The lowest BCUT2D eigenvalue weighted by Gasteiger charge is -2.37. The van der Waals surface area contributed by atoms with Gasteiger partial charge in [-0.25, -0.2) is 0 Å². The molecule has 9 nitrogen and oxygen atoms in total. The highest BCUT2D eigenvalue weighted by Crippen LogP contribution is 2.45. The molecule has 11 unspecified atom stereocenters. The van der Waals surface area contributed by atoms with Gasteiger partial charge in [0.05, 0.1) is 44.1 Å². The number of nitrogens with two attached hydrogens (primary N) is 3. The predicted octanol–water partition coefficient (Wildman–Crippen LogP) is 0.147.